The molecule has 0 heterocycles. The van der Waals surface area contributed by atoms with Gasteiger partial charge in [0.1, 0.15) is 6.29 Å². The van der Waals surface area contributed by atoms with Crippen LogP contribution >= 0.6 is 0 Å². The summed E-state index contributed by atoms with van der Waals surface area (Å²) in [6, 6.07) is 0. The lowest BCUT2D eigenvalue weighted by molar-refractivity contribution is -0.108. The molecule has 31 heavy (non-hydrogen) atoms. The zero-order valence-corrected chi connectivity index (χ0v) is 21.9. The van der Waals surface area contributed by atoms with Gasteiger partial charge in [0.15, 0.2) is 0 Å². The van der Waals surface area contributed by atoms with Crippen molar-refractivity contribution in [2.45, 2.75) is 120 Å². The monoisotopic (exact) mass is 426 g/mol. The van der Waals surface area contributed by atoms with Gasteiger partial charge in [-0.3, -0.25) is 0 Å². The second-order valence-corrected chi connectivity index (χ2v) is 10.8. The fourth-order valence-corrected chi connectivity index (χ4v) is 5.34. The van der Waals surface area contributed by atoms with Crippen LogP contribution < -0.4 is 0 Å². The molecule has 0 aromatic heterocycles. The molecule has 0 spiro atoms. The minimum Gasteiger partial charge on any atom is -0.303 e. The highest BCUT2D eigenvalue weighted by atomic mass is 16.1. The topological polar surface area (TPSA) is 17.1 Å². The fraction of sp³-hybridized carbons (Fsp3) is 0.700. The van der Waals surface area contributed by atoms with E-state index in [-0.39, 0.29) is 0 Å². The molecule has 1 fully saturated rings. The predicted octanol–water partition coefficient (Wildman–Crippen LogP) is 9.55. The first-order valence-electron chi connectivity index (χ1n) is 12.7. The van der Waals surface area contributed by atoms with Gasteiger partial charge in [-0.15, -0.1) is 0 Å². The van der Waals surface area contributed by atoms with E-state index >= 15 is 0 Å². The maximum atomic E-state index is 11.1. The summed E-state index contributed by atoms with van der Waals surface area (Å²) in [5.74, 6) is 1.28. The SMILES string of the molecule is CC(C)=CCCC(C)=CCCC(C)=CCCC1(C)C(C)CCC(=C(C)C)C1CCC=O. The smallest absolute Gasteiger partial charge is 0.120 e. The second-order valence-electron chi connectivity index (χ2n) is 10.8. The van der Waals surface area contributed by atoms with E-state index in [2.05, 4.69) is 73.6 Å². The summed E-state index contributed by atoms with van der Waals surface area (Å²) >= 11 is 0. The van der Waals surface area contributed by atoms with Crippen LogP contribution in [0.4, 0.5) is 0 Å². The molecule has 1 nitrogen and oxygen atoms in total. The summed E-state index contributed by atoms with van der Waals surface area (Å²) in [6.45, 7) is 18.4. The number of hydrogen-bond acceptors (Lipinski definition) is 1. The van der Waals surface area contributed by atoms with Crippen LogP contribution in [0.2, 0.25) is 0 Å². The molecule has 0 aliphatic heterocycles. The third-order valence-electron chi connectivity index (χ3n) is 7.70. The summed E-state index contributed by atoms with van der Waals surface area (Å²) in [5.41, 5.74) is 7.86. The normalized spacial score (nSPS) is 24.8. The molecule has 1 rings (SSSR count). The molecule has 0 saturated heterocycles. The molecule has 1 heteroatoms. The lowest BCUT2D eigenvalue weighted by atomic mass is 9.56. The van der Waals surface area contributed by atoms with Crippen LogP contribution in [0.1, 0.15) is 120 Å². The summed E-state index contributed by atoms with van der Waals surface area (Å²) < 4.78 is 0. The third kappa shape index (κ3) is 9.34. The lowest BCUT2D eigenvalue weighted by Crippen LogP contribution is -2.39. The van der Waals surface area contributed by atoms with Crippen LogP contribution in [0.15, 0.2) is 46.1 Å². The highest BCUT2D eigenvalue weighted by Gasteiger charge is 2.43. The van der Waals surface area contributed by atoms with Crippen molar-refractivity contribution in [1.82, 2.24) is 0 Å². The lowest BCUT2D eigenvalue weighted by Gasteiger charge is -2.49. The average Bonchev–Trinajstić information content (AvgIpc) is 2.68. The van der Waals surface area contributed by atoms with Gasteiger partial charge in [-0.25, -0.2) is 0 Å². The van der Waals surface area contributed by atoms with Crippen LogP contribution in [0.5, 0.6) is 0 Å². The van der Waals surface area contributed by atoms with Crippen molar-refractivity contribution < 1.29 is 4.79 Å². The van der Waals surface area contributed by atoms with Gasteiger partial charge in [-0.05, 0) is 117 Å². The van der Waals surface area contributed by atoms with Crippen molar-refractivity contribution in [3.05, 3.63) is 46.1 Å². The molecule has 0 aromatic carbocycles. The van der Waals surface area contributed by atoms with Crippen LogP contribution in [-0.2, 0) is 4.79 Å². The third-order valence-corrected chi connectivity index (χ3v) is 7.70. The predicted molar refractivity (Wildman–Crippen MR) is 138 cm³/mol. The van der Waals surface area contributed by atoms with Crippen LogP contribution in [0.3, 0.4) is 0 Å². The number of carbonyl (C=O) groups is 1. The number of hydrogen-bond donors (Lipinski definition) is 0. The molecule has 0 amide bonds. The molecular formula is C30H50O. The number of rotatable bonds is 12. The van der Waals surface area contributed by atoms with E-state index in [0.717, 1.165) is 32.0 Å². The Morgan fingerprint density at radius 3 is 2.03 bits per heavy atom. The molecule has 176 valence electrons. The molecule has 3 atom stereocenters. The number of allylic oxidation sites excluding steroid dienone is 8. The van der Waals surface area contributed by atoms with Crippen molar-refractivity contribution in [1.29, 1.82) is 0 Å². The summed E-state index contributed by atoms with van der Waals surface area (Å²) in [7, 11) is 0. The number of aldehydes is 1. The highest BCUT2D eigenvalue weighted by molar-refractivity contribution is 5.49. The maximum absolute atomic E-state index is 11.1. The van der Waals surface area contributed by atoms with Crippen LogP contribution in [0, 0.1) is 17.3 Å². The molecule has 0 N–H and O–H groups in total. The molecule has 1 aliphatic carbocycles. The van der Waals surface area contributed by atoms with Gasteiger partial charge in [-0.1, -0.05) is 59.9 Å². The largest absolute Gasteiger partial charge is 0.303 e. The number of carbonyl (C=O) groups excluding carboxylic acids is 1. The quantitative estimate of drug-likeness (QED) is 0.224. The van der Waals surface area contributed by atoms with E-state index in [9.17, 15) is 4.79 Å². The van der Waals surface area contributed by atoms with Gasteiger partial charge in [0, 0.05) is 6.42 Å². The molecular weight excluding hydrogens is 376 g/mol. The van der Waals surface area contributed by atoms with Gasteiger partial charge < -0.3 is 4.79 Å². The first-order chi connectivity index (χ1) is 14.6. The van der Waals surface area contributed by atoms with Crippen LogP contribution in [0.25, 0.3) is 0 Å². The first-order valence-corrected chi connectivity index (χ1v) is 12.7. The Morgan fingerprint density at radius 1 is 0.903 bits per heavy atom. The summed E-state index contributed by atoms with van der Waals surface area (Å²) in [4.78, 5) is 11.1. The Balaban J connectivity index is 2.68. The zero-order valence-electron chi connectivity index (χ0n) is 21.9. The minimum atomic E-state index is 0.298. The Hall–Kier alpha value is -1.37. The van der Waals surface area contributed by atoms with E-state index in [0.29, 0.717) is 23.7 Å². The Labute approximate surface area is 194 Å². The Morgan fingerprint density at radius 2 is 1.48 bits per heavy atom. The summed E-state index contributed by atoms with van der Waals surface area (Å²) in [6.07, 6.45) is 19.6. The van der Waals surface area contributed by atoms with Gasteiger partial charge in [0.05, 0.1) is 0 Å². The van der Waals surface area contributed by atoms with Gasteiger partial charge >= 0.3 is 0 Å². The van der Waals surface area contributed by atoms with E-state index in [1.807, 2.05) is 0 Å². The highest BCUT2D eigenvalue weighted by Crippen LogP contribution is 2.53. The van der Waals surface area contributed by atoms with Crippen LogP contribution in [-0.4, -0.2) is 6.29 Å². The first kappa shape index (κ1) is 27.7. The van der Waals surface area contributed by atoms with E-state index in [4.69, 9.17) is 0 Å². The molecule has 0 aromatic rings. The fourth-order valence-electron chi connectivity index (χ4n) is 5.34. The molecule has 3 unspecified atom stereocenters. The Bertz CT molecular complexity index is 679. The standard InChI is InChI=1S/C30H50O/c1-23(2)13-9-14-25(5)15-10-16-26(6)17-11-21-30(8)27(7)19-20-28(24(3)4)29(30)18-12-22-31/h13,15,17,22,27,29H,9-12,14,16,18-21H2,1-8H3. The Kier molecular flexibility index (Phi) is 12.4. The van der Waals surface area contributed by atoms with Crippen molar-refractivity contribution in [3.8, 4) is 0 Å². The van der Waals surface area contributed by atoms with E-state index in [1.165, 1.54) is 54.4 Å². The van der Waals surface area contributed by atoms with Crippen molar-refractivity contribution >= 4 is 6.29 Å². The minimum absolute atomic E-state index is 0.298. The van der Waals surface area contributed by atoms with Gasteiger partial charge in [0.2, 0.25) is 0 Å². The van der Waals surface area contributed by atoms with Crippen molar-refractivity contribution in [2.24, 2.45) is 17.3 Å². The van der Waals surface area contributed by atoms with Gasteiger partial charge in [0.25, 0.3) is 0 Å². The maximum Gasteiger partial charge on any atom is 0.120 e. The molecule has 1 aliphatic rings. The van der Waals surface area contributed by atoms with E-state index in [1.54, 1.807) is 5.57 Å². The summed E-state index contributed by atoms with van der Waals surface area (Å²) in [5, 5.41) is 0. The molecule has 0 bridgehead atoms. The van der Waals surface area contributed by atoms with E-state index < -0.39 is 0 Å². The van der Waals surface area contributed by atoms with Crippen molar-refractivity contribution in [2.75, 3.05) is 0 Å². The zero-order chi connectivity index (χ0) is 23.4. The second kappa shape index (κ2) is 13.9. The van der Waals surface area contributed by atoms with Crippen molar-refractivity contribution in [3.63, 3.8) is 0 Å². The van der Waals surface area contributed by atoms with Gasteiger partial charge in [-0.2, -0.15) is 0 Å². The molecule has 0 radical (unpaired) electrons. The average molecular weight is 427 g/mol. The molecule has 1 saturated carbocycles.